The van der Waals surface area contributed by atoms with Crippen LogP contribution in [0.5, 0.6) is 5.75 Å². The van der Waals surface area contributed by atoms with Gasteiger partial charge < -0.3 is 4.74 Å². The van der Waals surface area contributed by atoms with E-state index < -0.39 is 6.36 Å². The molecule has 0 amide bonds. The highest BCUT2D eigenvalue weighted by Crippen LogP contribution is 2.36. The molecule has 5 heteroatoms. The first-order valence-corrected chi connectivity index (χ1v) is 7.65. The summed E-state index contributed by atoms with van der Waals surface area (Å²) in [5, 5.41) is 0. The Morgan fingerprint density at radius 3 is 2.54 bits per heavy atom. The molecule has 1 aliphatic carbocycles. The fraction of sp³-hybridized carbons (Fsp3) is 0.263. The molecule has 24 heavy (non-hydrogen) atoms. The quantitative estimate of drug-likeness (QED) is 0.659. The second kappa shape index (κ2) is 6.30. The molecule has 0 aliphatic heterocycles. The third kappa shape index (κ3) is 3.61. The summed E-state index contributed by atoms with van der Waals surface area (Å²) in [7, 11) is 0. The van der Waals surface area contributed by atoms with E-state index in [0.29, 0.717) is 24.8 Å². The molecule has 0 radical (unpaired) electrons. The van der Waals surface area contributed by atoms with E-state index in [0.717, 1.165) is 16.7 Å². The third-order valence-electron chi connectivity index (χ3n) is 4.34. The van der Waals surface area contributed by atoms with Crippen molar-refractivity contribution >= 4 is 6.08 Å². The van der Waals surface area contributed by atoms with Gasteiger partial charge in [0.05, 0.1) is 0 Å². The Hall–Kier alpha value is -2.30. The Morgan fingerprint density at radius 2 is 1.88 bits per heavy atom. The number of aryl methyl sites for hydroxylation is 1. The zero-order chi connectivity index (χ0) is 17.3. The lowest BCUT2D eigenvalue weighted by atomic mass is 9.80. The van der Waals surface area contributed by atoms with Gasteiger partial charge in [0.2, 0.25) is 0 Å². The molecule has 126 valence electrons. The molecule has 1 atom stereocenters. The van der Waals surface area contributed by atoms with Gasteiger partial charge in [-0.1, -0.05) is 30.9 Å². The minimum atomic E-state index is -4.69. The van der Waals surface area contributed by atoms with Gasteiger partial charge in [-0.25, -0.2) is 4.39 Å². The van der Waals surface area contributed by atoms with Crippen LogP contribution in [0.2, 0.25) is 0 Å². The van der Waals surface area contributed by atoms with Gasteiger partial charge in [0.1, 0.15) is 11.6 Å². The normalized spacial score (nSPS) is 17.2. The molecular weight excluding hydrogens is 320 g/mol. The fourth-order valence-corrected chi connectivity index (χ4v) is 3.20. The first-order chi connectivity index (χ1) is 11.4. The molecule has 0 saturated heterocycles. The summed E-state index contributed by atoms with van der Waals surface area (Å²) in [6.07, 6.45) is -1.22. The molecule has 0 spiro atoms. The molecule has 0 heterocycles. The maximum Gasteiger partial charge on any atom is 0.573 e. The number of ether oxygens (including phenoxy) is 1. The van der Waals surface area contributed by atoms with Crippen LogP contribution in [0, 0.1) is 5.82 Å². The summed E-state index contributed by atoms with van der Waals surface area (Å²) in [4.78, 5) is 0. The second-order valence-electron chi connectivity index (χ2n) is 5.90. The first-order valence-electron chi connectivity index (χ1n) is 7.65. The average Bonchev–Trinajstić information content (AvgIpc) is 2.52. The van der Waals surface area contributed by atoms with Crippen LogP contribution in [0.15, 0.2) is 43.0 Å². The van der Waals surface area contributed by atoms with Crippen LogP contribution in [0.4, 0.5) is 17.6 Å². The topological polar surface area (TPSA) is 9.23 Å². The van der Waals surface area contributed by atoms with Crippen LogP contribution in [0.3, 0.4) is 0 Å². The van der Waals surface area contributed by atoms with Gasteiger partial charge in [0.25, 0.3) is 0 Å². The highest BCUT2D eigenvalue weighted by atomic mass is 19.4. The Labute approximate surface area is 137 Å². The molecule has 1 unspecified atom stereocenters. The number of hydrogen-bond donors (Lipinski definition) is 0. The van der Waals surface area contributed by atoms with E-state index in [9.17, 15) is 17.6 Å². The van der Waals surface area contributed by atoms with Crippen molar-refractivity contribution in [3.8, 4) is 5.75 Å². The van der Waals surface area contributed by atoms with E-state index in [1.165, 1.54) is 18.2 Å². The summed E-state index contributed by atoms with van der Waals surface area (Å²) in [5.41, 5.74) is 3.13. The van der Waals surface area contributed by atoms with Crippen LogP contribution in [-0.4, -0.2) is 6.36 Å². The number of rotatable bonds is 3. The van der Waals surface area contributed by atoms with E-state index in [2.05, 4.69) is 11.3 Å². The highest BCUT2D eigenvalue weighted by Gasteiger charge is 2.31. The molecule has 0 N–H and O–H groups in total. The molecule has 0 aromatic heterocycles. The summed E-state index contributed by atoms with van der Waals surface area (Å²) in [6.45, 7) is 3.62. The number of fused-ring (bicyclic) bond motifs is 1. The van der Waals surface area contributed by atoms with Crippen molar-refractivity contribution in [1.29, 1.82) is 0 Å². The van der Waals surface area contributed by atoms with Gasteiger partial charge in [-0.3, -0.25) is 0 Å². The molecule has 0 saturated carbocycles. The van der Waals surface area contributed by atoms with Gasteiger partial charge in [-0.05, 0) is 65.6 Å². The Bertz CT molecular complexity index is 764. The van der Waals surface area contributed by atoms with E-state index >= 15 is 0 Å². The van der Waals surface area contributed by atoms with Crippen molar-refractivity contribution < 1.29 is 22.3 Å². The van der Waals surface area contributed by atoms with Crippen LogP contribution in [0.1, 0.15) is 34.6 Å². The molecule has 1 nitrogen and oxygen atoms in total. The maximum atomic E-state index is 14.3. The minimum Gasteiger partial charge on any atom is -0.406 e. The minimum absolute atomic E-state index is 0.0192. The number of benzene rings is 2. The number of hydrogen-bond acceptors (Lipinski definition) is 1. The molecule has 3 rings (SSSR count). The van der Waals surface area contributed by atoms with Crippen molar-refractivity contribution in [2.75, 3.05) is 0 Å². The smallest absolute Gasteiger partial charge is 0.406 e. The second-order valence-corrected chi connectivity index (χ2v) is 5.90. The van der Waals surface area contributed by atoms with Gasteiger partial charge in [-0.2, -0.15) is 0 Å². The van der Waals surface area contributed by atoms with Crippen molar-refractivity contribution in [2.24, 2.45) is 0 Å². The van der Waals surface area contributed by atoms with Crippen molar-refractivity contribution in [1.82, 2.24) is 0 Å². The van der Waals surface area contributed by atoms with Gasteiger partial charge in [0.15, 0.2) is 0 Å². The summed E-state index contributed by atoms with van der Waals surface area (Å²) in [6, 6.07) is 9.42. The molecule has 0 fully saturated rings. The van der Waals surface area contributed by atoms with E-state index in [-0.39, 0.29) is 17.5 Å². The lowest BCUT2D eigenvalue weighted by Gasteiger charge is -2.26. The molecule has 1 aliphatic rings. The summed E-state index contributed by atoms with van der Waals surface area (Å²) in [5.74, 6) is -0.454. The zero-order valence-electron chi connectivity index (χ0n) is 12.9. The number of halogens is 4. The Kier molecular flexibility index (Phi) is 4.35. The van der Waals surface area contributed by atoms with Crippen molar-refractivity contribution in [3.63, 3.8) is 0 Å². The van der Waals surface area contributed by atoms with E-state index in [1.807, 2.05) is 6.07 Å². The SMILES string of the molecule is C=Cc1ccc(C2CCc3cc(OC(F)(F)F)ccc3C2)c(F)c1. The average molecular weight is 336 g/mol. The predicted octanol–water partition coefficient (Wildman–Crippen LogP) is 5.64. The van der Waals surface area contributed by atoms with Gasteiger partial charge >= 0.3 is 6.36 Å². The summed E-state index contributed by atoms with van der Waals surface area (Å²) >= 11 is 0. The van der Waals surface area contributed by atoms with Crippen LogP contribution < -0.4 is 4.74 Å². The Balaban J connectivity index is 1.81. The molecule has 0 bridgehead atoms. The maximum absolute atomic E-state index is 14.3. The van der Waals surface area contributed by atoms with Crippen LogP contribution in [0.25, 0.3) is 6.08 Å². The lowest BCUT2D eigenvalue weighted by Crippen LogP contribution is -2.18. The van der Waals surface area contributed by atoms with Crippen molar-refractivity contribution in [2.45, 2.75) is 31.5 Å². The largest absolute Gasteiger partial charge is 0.573 e. The molecular formula is C19H16F4O. The van der Waals surface area contributed by atoms with Gasteiger partial charge in [-0.15, -0.1) is 13.2 Å². The molecule has 2 aromatic rings. The monoisotopic (exact) mass is 336 g/mol. The Morgan fingerprint density at radius 1 is 1.08 bits per heavy atom. The van der Waals surface area contributed by atoms with Crippen molar-refractivity contribution in [3.05, 3.63) is 71.0 Å². The summed E-state index contributed by atoms with van der Waals surface area (Å²) < 4.78 is 55.1. The van der Waals surface area contributed by atoms with Crippen LogP contribution >= 0.6 is 0 Å². The number of alkyl halides is 3. The van der Waals surface area contributed by atoms with E-state index in [4.69, 9.17) is 0 Å². The lowest BCUT2D eigenvalue weighted by molar-refractivity contribution is -0.274. The standard InChI is InChI=1S/C19H16F4O/c1-2-12-3-8-17(18(20)9-12)15-5-4-14-11-16(24-19(21,22)23)7-6-13(14)10-15/h2-3,6-9,11,15H,1,4-5,10H2. The van der Waals surface area contributed by atoms with Gasteiger partial charge in [0, 0.05) is 0 Å². The fourth-order valence-electron chi connectivity index (χ4n) is 3.20. The molecule has 2 aromatic carbocycles. The third-order valence-corrected chi connectivity index (χ3v) is 4.34. The van der Waals surface area contributed by atoms with E-state index in [1.54, 1.807) is 18.2 Å². The zero-order valence-corrected chi connectivity index (χ0v) is 12.9. The first kappa shape index (κ1) is 16.6. The van der Waals surface area contributed by atoms with Crippen LogP contribution in [-0.2, 0) is 12.8 Å². The predicted molar refractivity (Wildman–Crippen MR) is 84.4 cm³/mol. The highest BCUT2D eigenvalue weighted by molar-refractivity contribution is 5.48.